The number of hydrogen-bond acceptors (Lipinski definition) is 6. The molecule has 0 heterocycles. The van der Waals surface area contributed by atoms with Crippen LogP contribution in [0.1, 0.15) is 17.3 Å². The van der Waals surface area contributed by atoms with Gasteiger partial charge in [0.25, 0.3) is 15.9 Å². The largest absolute Gasteiger partial charge is 0.495 e. The predicted octanol–water partition coefficient (Wildman–Crippen LogP) is 1.79. The molecule has 27 heavy (non-hydrogen) atoms. The zero-order valence-corrected chi connectivity index (χ0v) is 15.9. The maximum atomic E-state index is 12.6. The van der Waals surface area contributed by atoms with Gasteiger partial charge in [-0.15, -0.1) is 0 Å². The highest BCUT2D eigenvalue weighted by Gasteiger charge is 2.20. The van der Waals surface area contributed by atoms with Crippen LogP contribution in [0.25, 0.3) is 0 Å². The smallest absolute Gasteiger partial charge is 0.328 e. The summed E-state index contributed by atoms with van der Waals surface area (Å²) in [6, 6.07) is 11.2. The Morgan fingerprint density at radius 1 is 1.04 bits per heavy atom. The normalized spacial score (nSPS) is 12.0. The van der Waals surface area contributed by atoms with E-state index in [9.17, 15) is 18.0 Å². The van der Waals surface area contributed by atoms with Crippen LogP contribution in [0.4, 0.5) is 5.69 Å². The number of amides is 1. The van der Waals surface area contributed by atoms with E-state index in [1.165, 1.54) is 45.4 Å². The molecular weight excluding hydrogens is 372 g/mol. The van der Waals surface area contributed by atoms with Crippen molar-refractivity contribution < 1.29 is 27.5 Å². The lowest BCUT2D eigenvalue weighted by Gasteiger charge is -2.13. The molecule has 0 fully saturated rings. The SMILES string of the molecule is COC(=O)C(C)NC(=O)c1cccc(S(=O)(=O)Nc2ccccc2OC)c1. The number of hydrogen-bond donors (Lipinski definition) is 2. The second kappa shape index (κ2) is 8.54. The lowest BCUT2D eigenvalue weighted by molar-refractivity contribution is -0.142. The maximum absolute atomic E-state index is 12.6. The molecule has 8 nitrogen and oxygen atoms in total. The van der Waals surface area contributed by atoms with E-state index in [1.54, 1.807) is 24.3 Å². The monoisotopic (exact) mass is 392 g/mol. The molecule has 0 saturated carbocycles. The summed E-state index contributed by atoms with van der Waals surface area (Å²) in [5.41, 5.74) is 0.364. The molecule has 1 atom stereocenters. The van der Waals surface area contributed by atoms with Gasteiger partial charge in [-0.05, 0) is 37.3 Å². The van der Waals surface area contributed by atoms with Crippen molar-refractivity contribution in [3.05, 3.63) is 54.1 Å². The summed E-state index contributed by atoms with van der Waals surface area (Å²) >= 11 is 0. The van der Waals surface area contributed by atoms with E-state index in [4.69, 9.17) is 4.74 Å². The number of nitrogens with one attached hydrogen (secondary N) is 2. The van der Waals surface area contributed by atoms with Gasteiger partial charge in [0, 0.05) is 5.56 Å². The van der Waals surface area contributed by atoms with Crippen molar-refractivity contribution in [2.45, 2.75) is 17.9 Å². The number of esters is 1. The van der Waals surface area contributed by atoms with Gasteiger partial charge in [-0.3, -0.25) is 9.52 Å². The number of carbonyl (C=O) groups is 2. The minimum absolute atomic E-state index is 0.0913. The molecule has 1 amide bonds. The second-order valence-corrected chi connectivity index (χ2v) is 7.23. The average Bonchev–Trinajstić information content (AvgIpc) is 2.67. The molecule has 0 aliphatic rings. The zero-order valence-electron chi connectivity index (χ0n) is 15.1. The number of rotatable bonds is 7. The first-order chi connectivity index (χ1) is 12.8. The maximum Gasteiger partial charge on any atom is 0.328 e. The summed E-state index contributed by atoms with van der Waals surface area (Å²) in [6.07, 6.45) is 0. The summed E-state index contributed by atoms with van der Waals surface area (Å²) in [5, 5.41) is 2.44. The van der Waals surface area contributed by atoms with Gasteiger partial charge < -0.3 is 14.8 Å². The summed E-state index contributed by atoms with van der Waals surface area (Å²) < 4.78 is 37.4. The highest BCUT2D eigenvalue weighted by molar-refractivity contribution is 7.92. The number of carbonyl (C=O) groups excluding carboxylic acids is 2. The molecule has 0 spiro atoms. The topological polar surface area (TPSA) is 111 Å². The van der Waals surface area contributed by atoms with Crippen LogP contribution < -0.4 is 14.8 Å². The molecular formula is C18H20N2O6S. The zero-order chi connectivity index (χ0) is 20.0. The molecule has 144 valence electrons. The van der Waals surface area contributed by atoms with E-state index < -0.39 is 27.9 Å². The minimum Gasteiger partial charge on any atom is -0.495 e. The fraction of sp³-hybridized carbons (Fsp3) is 0.222. The van der Waals surface area contributed by atoms with E-state index in [-0.39, 0.29) is 16.1 Å². The molecule has 2 aromatic carbocycles. The Morgan fingerprint density at radius 2 is 1.74 bits per heavy atom. The molecule has 0 aliphatic heterocycles. The molecule has 1 unspecified atom stereocenters. The van der Waals surface area contributed by atoms with Crippen LogP contribution in [-0.4, -0.2) is 40.6 Å². The first-order valence-electron chi connectivity index (χ1n) is 7.93. The van der Waals surface area contributed by atoms with Crippen LogP contribution in [0.3, 0.4) is 0 Å². The van der Waals surface area contributed by atoms with E-state index in [1.807, 2.05) is 0 Å². The number of para-hydroxylation sites is 2. The lowest BCUT2D eigenvalue weighted by Crippen LogP contribution is -2.39. The van der Waals surface area contributed by atoms with E-state index in [0.29, 0.717) is 5.75 Å². The molecule has 0 saturated heterocycles. The van der Waals surface area contributed by atoms with Crippen molar-refractivity contribution in [1.29, 1.82) is 0 Å². The number of anilines is 1. The summed E-state index contributed by atoms with van der Waals surface area (Å²) in [6.45, 7) is 1.47. The van der Waals surface area contributed by atoms with Crippen LogP contribution >= 0.6 is 0 Å². The van der Waals surface area contributed by atoms with Gasteiger partial charge in [0.2, 0.25) is 0 Å². The first kappa shape index (κ1) is 20.2. The first-order valence-corrected chi connectivity index (χ1v) is 9.41. The Kier molecular flexibility index (Phi) is 6.40. The van der Waals surface area contributed by atoms with Gasteiger partial charge in [-0.1, -0.05) is 18.2 Å². The molecule has 0 bridgehead atoms. The Balaban J connectivity index is 2.25. The molecule has 2 N–H and O–H groups in total. The fourth-order valence-corrected chi connectivity index (χ4v) is 3.37. The molecule has 0 aromatic heterocycles. The molecule has 2 rings (SSSR count). The second-order valence-electron chi connectivity index (χ2n) is 5.55. The van der Waals surface area contributed by atoms with E-state index in [0.717, 1.165) is 0 Å². The summed E-state index contributed by atoms with van der Waals surface area (Å²) in [4.78, 5) is 23.6. The number of benzene rings is 2. The molecule has 0 aliphatic carbocycles. The fourth-order valence-electron chi connectivity index (χ4n) is 2.25. The van der Waals surface area contributed by atoms with Crippen molar-refractivity contribution in [2.75, 3.05) is 18.9 Å². The Bertz CT molecular complexity index is 942. The third-order valence-electron chi connectivity index (χ3n) is 3.66. The van der Waals surface area contributed by atoms with Gasteiger partial charge in [0.05, 0.1) is 24.8 Å². The third kappa shape index (κ3) is 4.98. The van der Waals surface area contributed by atoms with Gasteiger partial charge >= 0.3 is 5.97 Å². The van der Waals surface area contributed by atoms with E-state index >= 15 is 0 Å². The van der Waals surface area contributed by atoms with Gasteiger partial charge in [0.15, 0.2) is 0 Å². The number of methoxy groups -OCH3 is 2. The quantitative estimate of drug-likeness (QED) is 0.695. The number of sulfonamides is 1. The van der Waals surface area contributed by atoms with Crippen LogP contribution in [0.15, 0.2) is 53.4 Å². The van der Waals surface area contributed by atoms with Crippen LogP contribution in [0.5, 0.6) is 5.75 Å². The number of ether oxygens (including phenoxy) is 2. The van der Waals surface area contributed by atoms with Crippen molar-refractivity contribution in [1.82, 2.24) is 5.32 Å². The standard InChI is InChI=1S/C18H20N2O6S/c1-12(18(22)26-3)19-17(21)13-7-6-8-14(11-13)27(23,24)20-15-9-4-5-10-16(15)25-2/h4-12,20H,1-3H3,(H,19,21). The van der Waals surface area contributed by atoms with Crippen LogP contribution in [-0.2, 0) is 19.6 Å². The van der Waals surface area contributed by atoms with Crippen LogP contribution in [0.2, 0.25) is 0 Å². The Labute approximate surface area is 157 Å². The van der Waals surface area contributed by atoms with Crippen molar-refractivity contribution >= 4 is 27.6 Å². The van der Waals surface area contributed by atoms with E-state index in [2.05, 4.69) is 14.8 Å². The summed E-state index contributed by atoms with van der Waals surface area (Å²) in [7, 11) is -1.31. The average molecular weight is 392 g/mol. The molecule has 0 radical (unpaired) electrons. The molecule has 2 aromatic rings. The predicted molar refractivity (Wildman–Crippen MR) is 99.2 cm³/mol. The van der Waals surface area contributed by atoms with Gasteiger partial charge in [-0.25, -0.2) is 13.2 Å². The van der Waals surface area contributed by atoms with Crippen LogP contribution in [0, 0.1) is 0 Å². The van der Waals surface area contributed by atoms with Gasteiger partial charge in [0.1, 0.15) is 11.8 Å². The third-order valence-corrected chi connectivity index (χ3v) is 5.02. The van der Waals surface area contributed by atoms with Crippen molar-refractivity contribution in [3.63, 3.8) is 0 Å². The molecule has 9 heteroatoms. The van der Waals surface area contributed by atoms with Crippen molar-refractivity contribution in [3.8, 4) is 5.75 Å². The van der Waals surface area contributed by atoms with Gasteiger partial charge in [-0.2, -0.15) is 0 Å². The highest BCUT2D eigenvalue weighted by atomic mass is 32.2. The highest BCUT2D eigenvalue weighted by Crippen LogP contribution is 2.26. The lowest BCUT2D eigenvalue weighted by atomic mass is 10.2. The Hall–Kier alpha value is -3.07. The minimum atomic E-state index is -3.95. The Morgan fingerprint density at radius 3 is 2.41 bits per heavy atom. The summed E-state index contributed by atoms with van der Waals surface area (Å²) in [5.74, 6) is -0.839. The van der Waals surface area contributed by atoms with Crippen molar-refractivity contribution in [2.24, 2.45) is 0 Å².